The van der Waals surface area contributed by atoms with Crippen LogP contribution in [-0.2, 0) is 9.53 Å². The van der Waals surface area contributed by atoms with Gasteiger partial charge in [0.1, 0.15) is 0 Å². The van der Waals surface area contributed by atoms with Crippen LogP contribution in [0.4, 0.5) is 0 Å². The summed E-state index contributed by atoms with van der Waals surface area (Å²) in [5, 5.41) is 11.7. The Kier molecular flexibility index (Phi) is 6.03. The molecule has 0 amide bonds. The summed E-state index contributed by atoms with van der Waals surface area (Å²) in [6, 6.07) is 0.398. The Morgan fingerprint density at radius 3 is 2.77 bits per heavy atom. The number of halogens is 1. The molecule has 0 saturated carbocycles. The van der Waals surface area contributed by atoms with Crippen LogP contribution in [0.25, 0.3) is 0 Å². The highest BCUT2D eigenvalue weighted by molar-refractivity contribution is 5.85. The van der Waals surface area contributed by atoms with E-state index in [-0.39, 0.29) is 24.9 Å². The van der Waals surface area contributed by atoms with Gasteiger partial charge in [0.25, 0.3) is 0 Å². The molecular weight excluding hydrogens is 194 g/mol. The summed E-state index contributed by atoms with van der Waals surface area (Å²) in [5.41, 5.74) is 0. The molecule has 0 aromatic heterocycles. The molecule has 1 saturated heterocycles. The van der Waals surface area contributed by atoms with Crippen LogP contribution in [0, 0.1) is 0 Å². The number of nitrogens with one attached hydrogen (secondary N) is 1. The van der Waals surface area contributed by atoms with E-state index in [0.29, 0.717) is 19.2 Å². The van der Waals surface area contributed by atoms with E-state index in [0.717, 1.165) is 6.42 Å². The van der Waals surface area contributed by atoms with E-state index in [1.807, 2.05) is 0 Å². The van der Waals surface area contributed by atoms with Gasteiger partial charge in [0.15, 0.2) is 0 Å². The maximum Gasteiger partial charge on any atom is 0.306 e. The van der Waals surface area contributed by atoms with Gasteiger partial charge in [0, 0.05) is 12.6 Å². The molecule has 1 fully saturated rings. The average molecular weight is 210 g/mol. The van der Waals surface area contributed by atoms with Crippen molar-refractivity contribution in [3.8, 4) is 0 Å². The van der Waals surface area contributed by atoms with Crippen LogP contribution in [0.15, 0.2) is 0 Å². The van der Waals surface area contributed by atoms with Crippen molar-refractivity contribution in [1.82, 2.24) is 5.32 Å². The molecule has 0 spiro atoms. The molecule has 4 nitrogen and oxygen atoms in total. The van der Waals surface area contributed by atoms with Crippen LogP contribution < -0.4 is 5.32 Å². The standard InChI is InChI=1S/C8H15NO3.ClH/c1-2-6-5-12-7(4-9-6)3-8(10)11;/h6-7,9H,2-5H2,1H3,(H,10,11);1H. The maximum atomic E-state index is 10.3. The summed E-state index contributed by atoms with van der Waals surface area (Å²) in [6.07, 6.45) is 0.980. The second kappa shape index (κ2) is 6.18. The van der Waals surface area contributed by atoms with Crippen molar-refractivity contribution in [2.24, 2.45) is 0 Å². The summed E-state index contributed by atoms with van der Waals surface area (Å²) < 4.78 is 5.35. The zero-order valence-corrected chi connectivity index (χ0v) is 8.47. The number of carboxylic acid groups (broad SMARTS) is 1. The Balaban J connectivity index is 0.00000144. The fraction of sp³-hybridized carbons (Fsp3) is 0.875. The van der Waals surface area contributed by atoms with Crippen molar-refractivity contribution in [3.63, 3.8) is 0 Å². The van der Waals surface area contributed by atoms with Crippen LogP contribution in [0.5, 0.6) is 0 Å². The highest BCUT2D eigenvalue weighted by Gasteiger charge is 2.21. The fourth-order valence-electron chi connectivity index (χ4n) is 1.26. The first-order valence-electron chi connectivity index (χ1n) is 4.29. The van der Waals surface area contributed by atoms with E-state index in [4.69, 9.17) is 9.84 Å². The second-order valence-electron chi connectivity index (χ2n) is 3.07. The number of carbonyl (C=O) groups is 1. The second-order valence-corrected chi connectivity index (χ2v) is 3.07. The third-order valence-electron chi connectivity index (χ3n) is 2.06. The molecule has 1 aliphatic rings. The topological polar surface area (TPSA) is 58.6 Å². The molecule has 2 atom stereocenters. The third kappa shape index (κ3) is 4.45. The molecule has 1 aliphatic heterocycles. The van der Waals surface area contributed by atoms with Crippen LogP contribution in [0.3, 0.4) is 0 Å². The largest absolute Gasteiger partial charge is 0.481 e. The molecule has 13 heavy (non-hydrogen) atoms. The summed E-state index contributed by atoms with van der Waals surface area (Å²) >= 11 is 0. The first kappa shape index (κ1) is 12.7. The number of rotatable bonds is 3. The highest BCUT2D eigenvalue weighted by atomic mass is 35.5. The molecule has 0 aromatic carbocycles. The summed E-state index contributed by atoms with van der Waals surface area (Å²) in [7, 11) is 0. The van der Waals surface area contributed by atoms with Gasteiger partial charge < -0.3 is 15.2 Å². The van der Waals surface area contributed by atoms with Crippen molar-refractivity contribution >= 4 is 18.4 Å². The Hall–Kier alpha value is -0.320. The van der Waals surface area contributed by atoms with E-state index >= 15 is 0 Å². The van der Waals surface area contributed by atoms with Gasteiger partial charge in [-0.15, -0.1) is 12.4 Å². The summed E-state index contributed by atoms with van der Waals surface area (Å²) in [4.78, 5) is 10.3. The van der Waals surface area contributed by atoms with E-state index < -0.39 is 5.97 Å². The van der Waals surface area contributed by atoms with Crippen LogP contribution in [0.1, 0.15) is 19.8 Å². The number of morpholine rings is 1. The normalized spacial score (nSPS) is 27.8. The zero-order chi connectivity index (χ0) is 8.97. The van der Waals surface area contributed by atoms with Crippen molar-refractivity contribution in [1.29, 1.82) is 0 Å². The molecule has 78 valence electrons. The predicted molar refractivity (Wildman–Crippen MR) is 51.3 cm³/mol. The zero-order valence-electron chi connectivity index (χ0n) is 7.66. The summed E-state index contributed by atoms with van der Waals surface area (Å²) in [6.45, 7) is 3.37. The quantitative estimate of drug-likeness (QED) is 0.717. The smallest absolute Gasteiger partial charge is 0.306 e. The molecule has 0 aromatic rings. The fourth-order valence-corrected chi connectivity index (χ4v) is 1.26. The molecular formula is C8H16ClNO3. The number of hydrogen-bond acceptors (Lipinski definition) is 3. The van der Waals surface area contributed by atoms with Gasteiger partial charge >= 0.3 is 5.97 Å². The first-order valence-corrected chi connectivity index (χ1v) is 4.29. The van der Waals surface area contributed by atoms with E-state index in [9.17, 15) is 4.79 Å². The SMILES string of the molecule is CCC1COC(CC(=O)O)CN1.Cl. The van der Waals surface area contributed by atoms with Crippen molar-refractivity contribution in [2.45, 2.75) is 31.9 Å². The number of carboxylic acids is 1. The average Bonchev–Trinajstić information content (AvgIpc) is 2.05. The lowest BCUT2D eigenvalue weighted by Gasteiger charge is -2.28. The van der Waals surface area contributed by atoms with Gasteiger partial charge in [-0.3, -0.25) is 4.79 Å². The monoisotopic (exact) mass is 209 g/mol. The number of aliphatic carboxylic acids is 1. The first-order chi connectivity index (χ1) is 5.72. The number of hydrogen-bond donors (Lipinski definition) is 2. The molecule has 0 aliphatic carbocycles. The molecule has 2 N–H and O–H groups in total. The predicted octanol–water partition coefficient (Wildman–Crippen LogP) is 0.650. The van der Waals surface area contributed by atoms with Crippen molar-refractivity contribution in [2.75, 3.05) is 13.2 Å². The van der Waals surface area contributed by atoms with Gasteiger partial charge in [-0.05, 0) is 6.42 Å². The minimum atomic E-state index is -0.795. The lowest BCUT2D eigenvalue weighted by Crippen LogP contribution is -2.46. The van der Waals surface area contributed by atoms with Gasteiger partial charge in [-0.2, -0.15) is 0 Å². The Bertz CT molecular complexity index is 157. The van der Waals surface area contributed by atoms with Gasteiger partial charge in [0.2, 0.25) is 0 Å². The molecule has 5 heteroatoms. The van der Waals surface area contributed by atoms with Crippen LogP contribution >= 0.6 is 12.4 Å². The van der Waals surface area contributed by atoms with Gasteiger partial charge in [0.05, 0.1) is 19.1 Å². The molecule has 2 unspecified atom stereocenters. The molecule has 1 rings (SSSR count). The Morgan fingerprint density at radius 1 is 1.69 bits per heavy atom. The van der Waals surface area contributed by atoms with Crippen LogP contribution in [0.2, 0.25) is 0 Å². The van der Waals surface area contributed by atoms with Gasteiger partial charge in [-0.25, -0.2) is 0 Å². The summed E-state index contributed by atoms with van der Waals surface area (Å²) in [5.74, 6) is -0.795. The molecule has 0 bridgehead atoms. The van der Waals surface area contributed by atoms with Crippen molar-refractivity contribution < 1.29 is 14.6 Å². The van der Waals surface area contributed by atoms with Crippen molar-refractivity contribution in [3.05, 3.63) is 0 Å². The molecule has 0 radical (unpaired) electrons. The lowest BCUT2D eigenvalue weighted by atomic mass is 10.1. The minimum Gasteiger partial charge on any atom is -0.481 e. The molecule has 1 heterocycles. The third-order valence-corrected chi connectivity index (χ3v) is 2.06. The Morgan fingerprint density at radius 2 is 2.38 bits per heavy atom. The minimum absolute atomic E-state index is 0. The maximum absolute atomic E-state index is 10.3. The highest BCUT2D eigenvalue weighted by Crippen LogP contribution is 2.06. The van der Waals surface area contributed by atoms with E-state index in [2.05, 4.69) is 12.2 Å². The van der Waals surface area contributed by atoms with Crippen LogP contribution in [-0.4, -0.2) is 36.4 Å². The number of ether oxygens (including phenoxy) is 1. The lowest BCUT2D eigenvalue weighted by molar-refractivity contribution is -0.141. The Labute approximate surface area is 84.1 Å². The van der Waals surface area contributed by atoms with E-state index in [1.165, 1.54) is 0 Å². The van der Waals surface area contributed by atoms with E-state index in [1.54, 1.807) is 0 Å². The van der Waals surface area contributed by atoms with Gasteiger partial charge in [-0.1, -0.05) is 6.92 Å².